The highest BCUT2D eigenvalue weighted by molar-refractivity contribution is 4.81. The first-order chi connectivity index (χ1) is 12.4. The molecule has 1 rings (SSSR count). The normalized spacial score (nSPS) is 29.4. The maximum Gasteiger partial charge on any atom is -0.0360 e. The average Bonchev–Trinajstić information content (AvgIpc) is 2.57. The maximum absolute atomic E-state index is 2.61. The van der Waals surface area contributed by atoms with Crippen LogP contribution in [0.3, 0.4) is 0 Å². The van der Waals surface area contributed by atoms with Crippen LogP contribution in [-0.4, -0.2) is 0 Å². The largest absolute Gasteiger partial charge is 0.0654 e. The Morgan fingerprint density at radius 2 is 1.54 bits per heavy atom. The number of hydrogen-bond acceptors (Lipinski definition) is 0. The van der Waals surface area contributed by atoms with Crippen LogP contribution in [0.2, 0.25) is 0 Å². The smallest absolute Gasteiger partial charge is 0.0360 e. The van der Waals surface area contributed by atoms with Crippen molar-refractivity contribution in [3.63, 3.8) is 0 Å². The summed E-state index contributed by atoms with van der Waals surface area (Å²) in [4.78, 5) is 0. The molecule has 0 nitrogen and oxygen atoms in total. The molecule has 0 aliphatic heterocycles. The van der Waals surface area contributed by atoms with Crippen LogP contribution in [0.4, 0.5) is 0 Å². The fourth-order valence-electron chi connectivity index (χ4n) is 6.29. The molecule has 0 amide bonds. The van der Waals surface area contributed by atoms with Crippen molar-refractivity contribution in [2.75, 3.05) is 0 Å². The second kappa shape index (κ2) is 13.2. The van der Waals surface area contributed by atoms with Gasteiger partial charge < -0.3 is 0 Å². The standard InChI is InChI=1S/C26H52/c1-8-11-16-26(23(7)19-22(6)24(10-3)13-9-2)25-15-12-14-20(4)17-21(5)18-25/h20-26H,8-19H2,1-7H3. The second-order valence-corrected chi connectivity index (χ2v) is 10.3. The Kier molecular flexibility index (Phi) is 12.2. The third-order valence-electron chi connectivity index (χ3n) is 7.74. The van der Waals surface area contributed by atoms with E-state index in [1.54, 1.807) is 0 Å². The van der Waals surface area contributed by atoms with Gasteiger partial charge in [0.15, 0.2) is 0 Å². The zero-order valence-corrected chi connectivity index (χ0v) is 19.5. The van der Waals surface area contributed by atoms with E-state index in [0.717, 1.165) is 41.4 Å². The van der Waals surface area contributed by atoms with E-state index in [4.69, 9.17) is 0 Å². The van der Waals surface area contributed by atoms with Crippen LogP contribution >= 0.6 is 0 Å². The van der Waals surface area contributed by atoms with E-state index in [0.29, 0.717) is 0 Å². The zero-order chi connectivity index (χ0) is 19.5. The first kappa shape index (κ1) is 24.0. The number of hydrogen-bond donors (Lipinski definition) is 0. The van der Waals surface area contributed by atoms with E-state index in [1.165, 1.54) is 77.0 Å². The molecule has 1 saturated carbocycles. The first-order valence-electron chi connectivity index (χ1n) is 12.4. The highest BCUT2D eigenvalue weighted by Gasteiger charge is 2.31. The minimum Gasteiger partial charge on any atom is -0.0654 e. The molecule has 0 bridgehead atoms. The average molecular weight is 365 g/mol. The predicted octanol–water partition coefficient (Wildman–Crippen LogP) is 9.13. The molecule has 0 saturated heterocycles. The van der Waals surface area contributed by atoms with Gasteiger partial charge in [0.2, 0.25) is 0 Å². The Bertz CT molecular complexity index is 333. The SMILES string of the molecule is CCCCC(C(C)CC(C)C(CC)CCC)C1CCCC(C)CC(C)C1. The lowest BCUT2D eigenvalue weighted by atomic mass is 9.68. The molecule has 0 radical (unpaired) electrons. The Morgan fingerprint density at radius 3 is 2.15 bits per heavy atom. The van der Waals surface area contributed by atoms with Crippen molar-refractivity contribution in [2.45, 2.75) is 126 Å². The summed E-state index contributed by atoms with van der Waals surface area (Å²) in [6, 6.07) is 0. The predicted molar refractivity (Wildman–Crippen MR) is 120 cm³/mol. The quantitative estimate of drug-likeness (QED) is 0.343. The Morgan fingerprint density at radius 1 is 0.808 bits per heavy atom. The molecule has 0 N–H and O–H groups in total. The van der Waals surface area contributed by atoms with Crippen molar-refractivity contribution < 1.29 is 0 Å². The van der Waals surface area contributed by atoms with Gasteiger partial charge in [0.1, 0.15) is 0 Å². The number of rotatable bonds is 11. The van der Waals surface area contributed by atoms with Gasteiger partial charge in [-0.3, -0.25) is 0 Å². The third-order valence-corrected chi connectivity index (χ3v) is 7.74. The van der Waals surface area contributed by atoms with E-state index in [9.17, 15) is 0 Å². The molecule has 1 fully saturated rings. The number of unbranched alkanes of at least 4 members (excludes halogenated alkanes) is 1. The van der Waals surface area contributed by atoms with Crippen molar-refractivity contribution >= 4 is 0 Å². The van der Waals surface area contributed by atoms with Gasteiger partial charge >= 0.3 is 0 Å². The fourth-order valence-corrected chi connectivity index (χ4v) is 6.29. The van der Waals surface area contributed by atoms with Gasteiger partial charge in [0, 0.05) is 0 Å². The van der Waals surface area contributed by atoms with Crippen molar-refractivity contribution in [2.24, 2.45) is 41.4 Å². The van der Waals surface area contributed by atoms with Crippen LogP contribution in [0.15, 0.2) is 0 Å². The summed E-state index contributed by atoms with van der Waals surface area (Å²) >= 11 is 0. The fraction of sp³-hybridized carbons (Fsp3) is 1.00. The highest BCUT2D eigenvalue weighted by Crippen LogP contribution is 2.41. The molecule has 0 aromatic rings. The van der Waals surface area contributed by atoms with Gasteiger partial charge in [0.25, 0.3) is 0 Å². The molecule has 1 aliphatic carbocycles. The first-order valence-corrected chi connectivity index (χ1v) is 12.4. The van der Waals surface area contributed by atoms with Crippen molar-refractivity contribution in [1.29, 1.82) is 0 Å². The van der Waals surface area contributed by atoms with E-state index >= 15 is 0 Å². The lowest BCUT2D eigenvalue weighted by Crippen LogP contribution is -2.28. The second-order valence-electron chi connectivity index (χ2n) is 10.3. The lowest BCUT2D eigenvalue weighted by molar-refractivity contribution is 0.128. The van der Waals surface area contributed by atoms with E-state index in [2.05, 4.69) is 48.5 Å². The Labute approximate surface area is 167 Å². The molecule has 7 unspecified atom stereocenters. The van der Waals surface area contributed by atoms with Gasteiger partial charge in [-0.2, -0.15) is 0 Å². The van der Waals surface area contributed by atoms with E-state index in [1.807, 2.05) is 0 Å². The van der Waals surface area contributed by atoms with Crippen LogP contribution in [0.25, 0.3) is 0 Å². The van der Waals surface area contributed by atoms with Crippen molar-refractivity contribution in [3.05, 3.63) is 0 Å². The van der Waals surface area contributed by atoms with Crippen molar-refractivity contribution in [3.8, 4) is 0 Å². The highest BCUT2D eigenvalue weighted by atomic mass is 14.4. The summed E-state index contributed by atoms with van der Waals surface area (Å²) in [5.41, 5.74) is 0. The maximum atomic E-state index is 2.61. The van der Waals surface area contributed by atoms with Gasteiger partial charge in [-0.1, -0.05) is 99.8 Å². The molecule has 0 heterocycles. The van der Waals surface area contributed by atoms with Crippen LogP contribution in [0.5, 0.6) is 0 Å². The molecular weight excluding hydrogens is 312 g/mol. The molecule has 0 spiro atoms. The van der Waals surface area contributed by atoms with Crippen LogP contribution in [-0.2, 0) is 0 Å². The summed E-state index contributed by atoms with van der Waals surface area (Å²) in [5, 5.41) is 0. The monoisotopic (exact) mass is 364 g/mol. The Hall–Kier alpha value is 0. The van der Waals surface area contributed by atoms with Crippen LogP contribution in [0, 0.1) is 41.4 Å². The molecule has 26 heavy (non-hydrogen) atoms. The van der Waals surface area contributed by atoms with E-state index in [-0.39, 0.29) is 0 Å². The van der Waals surface area contributed by atoms with Gasteiger partial charge in [-0.15, -0.1) is 0 Å². The minimum absolute atomic E-state index is 0.907. The Balaban J connectivity index is 2.76. The minimum atomic E-state index is 0.907. The zero-order valence-electron chi connectivity index (χ0n) is 19.5. The summed E-state index contributed by atoms with van der Waals surface area (Å²) in [7, 11) is 0. The molecule has 0 aromatic heterocycles. The molecule has 0 heteroatoms. The summed E-state index contributed by atoms with van der Waals surface area (Å²) in [6.45, 7) is 17.3. The lowest BCUT2D eigenvalue weighted by Gasteiger charge is -2.38. The van der Waals surface area contributed by atoms with Gasteiger partial charge in [-0.05, 0) is 67.1 Å². The van der Waals surface area contributed by atoms with Gasteiger partial charge in [-0.25, -0.2) is 0 Å². The topological polar surface area (TPSA) is 0 Å². The third kappa shape index (κ3) is 8.35. The molecule has 1 aliphatic rings. The molecular formula is C26H52. The van der Waals surface area contributed by atoms with Crippen LogP contribution in [0.1, 0.15) is 126 Å². The summed E-state index contributed by atoms with van der Waals surface area (Å²) in [6.07, 6.45) is 17.4. The molecule has 7 atom stereocenters. The summed E-state index contributed by atoms with van der Waals surface area (Å²) < 4.78 is 0. The summed E-state index contributed by atoms with van der Waals surface area (Å²) in [5.74, 6) is 6.64. The molecule has 0 aromatic carbocycles. The molecule has 156 valence electrons. The van der Waals surface area contributed by atoms with Crippen LogP contribution < -0.4 is 0 Å². The van der Waals surface area contributed by atoms with Crippen molar-refractivity contribution in [1.82, 2.24) is 0 Å². The van der Waals surface area contributed by atoms with Gasteiger partial charge in [0.05, 0.1) is 0 Å². The van der Waals surface area contributed by atoms with E-state index < -0.39 is 0 Å².